The van der Waals surface area contributed by atoms with E-state index in [0.29, 0.717) is 61.9 Å². The highest BCUT2D eigenvalue weighted by Crippen LogP contribution is 2.28. The molecule has 0 saturated carbocycles. The highest BCUT2D eigenvalue weighted by Gasteiger charge is 2.06. The zero-order chi connectivity index (χ0) is 26.9. The number of nitrogens with one attached hydrogen (secondary N) is 2. The zero-order valence-electron chi connectivity index (χ0n) is 21.9. The number of amides is 2. The van der Waals surface area contributed by atoms with Gasteiger partial charge in [0.05, 0.1) is 39.9 Å². The maximum absolute atomic E-state index is 12.0. The molecule has 0 radical (unpaired) electrons. The molecule has 2 amide bonds. The molecule has 0 aliphatic carbocycles. The number of carbonyl (C=O) groups excluding carboxylic acids is 2. The zero-order valence-corrected chi connectivity index (χ0v) is 21.9. The van der Waals surface area contributed by atoms with Gasteiger partial charge in [-0.05, 0) is 74.2 Å². The lowest BCUT2D eigenvalue weighted by Gasteiger charge is -2.09. The number of unbranched alkanes of at least 4 members (excludes halogenated alkanes) is 2. The number of carbonyl (C=O) groups is 2. The van der Waals surface area contributed by atoms with Crippen molar-refractivity contribution in [2.45, 2.75) is 46.0 Å². The van der Waals surface area contributed by atoms with Crippen LogP contribution in [0.25, 0.3) is 0 Å². The Kier molecular flexibility index (Phi) is 13.1. The van der Waals surface area contributed by atoms with Crippen molar-refractivity contribution in [2.24, 2.45) is 10.2 Å². The van der Waals surface area contributed by atoms with Gasteiger partial charge in [-0.15, -0.1) is 0 Å². The highest BCUT2D eigenvalue weighted by molar-refractivity contribution is 5.84. The summed E-state index contributed by atoms with van der Waals surface area (Å²) in [6, 6.07) is 10.8. The van der Waals surface area contributed by atoms with Crippen molar-refractivity contribution < 1.29 is 28.5 Å². The van der Waals surface area contributed by atoms with Crippen LogP contribution in [0.4, 0.5) is 0 Å². The summed E-state index contributed by atoms with van der Waals surface area (Å²) in [5.41, 5.74) is 6.57. The Labute approximate surface area is 218 Å². The summed E-state index contributed by atoms with van der Waals surface area (Å²) < 4.78 is 21.6. The number of rotatable bonds is 16. The van der Waals surface area contributed by atoms with Crippen LogP contribution in [0.2, 0.25) is 0 Å². The standard InChI is InChI=1S/C27H36N4O6/c1-5-36-22-14-12-20(16-24(22)34-3)18-28-30-26(32)10-8-7-9-11-27(33)31-29-19-21-13-15-23(37-6-2)25(17-21)35-4/h12-19H,5-11H2,1-4H3,(H,30,32)(H,31,33)/b28-18-,29-19+. The van der Waals surface area contributed by atoms with Crippen LogP contribution in [0, 0.1) is 0 Å². The third-order valence-corrected chi connectivity index (χ3v) is 5.09. The molecular weight excluding hydrogens is 476 g/mol. The molecule has 0 atom stereocenters. The van der Waals surface area contributed by atoms with Gasteiger partial charge in [0.25, 0.3) is 0 Å². The number of nitrogens with zero attached hydrogens (tertiary/aromatic N) is 2. The fourth-order valence-electron chi connectivity index (χ4n) is 3.30. The second-order valence-corrected chi connectivity index (χ2v) is 7.83. The lowest BCUT2D eigenvalue weighted by molar-refractivity contribution is -0.121. The molecule has 2 rings (SSSR count). The smallest absolute Gasteiger partial charge is 0.240 e. The van der Waals surface area contributed by atoms with Gasteiger partial charge in [0, 0.05) is 12.8 Å². The minimum atomic E-state index is -0.186. The molecule has 37 heavy (non-hydrogen) atoms. The summed E-state index contributed by atoms with van der Waals surface area (Å²) in [4.78, 5) is 24.0. The van der Waals surface area contributed by atoms with E-state index in [0.717, 1.165) is 17.5 Å². The number of hydrogen-bond donors (Lipinski definition) is 2. The van der Waals surface area contributed by atoms with E-state index in [4.69, 9.17) is 18.9 Å². The molecule has 0 aliphatic rings. The Balaban J connectivity index is 1.63. The first-order chi connectivity index (χ1) is 18.0. The second-order valence-electron chi connectivity index (χ2n) is 7.83. The van der Waals surface area contributed by atoms with Gasteiger partial charge in [-0.3, -0.25) is 9.59 Å². The Hall–Kier alpha value is -4.08. The van der Waals surface area contributed by atoms with Crippen molar-refractivity contribution in [1.29, 1.82) is 0 Å². The summed E-state index contributed by atoms with van der Waals surface area (Å²) in [5, 5.41) is 7.97. The number of ether oxygens (including phenoxy) is 4. The molecule has 2 aromatic carbocycles. The van der Waals surface area contributed by atoms with Crippen LogP contribution >= 0.6 is 0 Å². The van der Waals surface area contributed by atoms with Gasteiger partial charge in [-0.2, -0.15) is 10.2 Å². The van der Waals surface area contributed by atoms with Crippen molar-refractivity contribution in [3.63, 3.8) is 0 Å². The maximum Gasteiger partial charge on any atom is 0.240 e. The van der Waals surface area contributed by atoms with Crippen molar-refractivity contribution in [2.75, 3.05) is 27.4 Å². The lowest BCUT2D eigenvalue weighted by atomic mass is 10.1. The summed E-state index contributed by atoms with van der Waals surface area (Å²) >= 11 is 0. The Morgan fingerprint density at radius 3 is 1.51 bits per heavy atom. The average Bonchev–Trinajstić information content (AvgIpc) is 2.90. The van der Waals surface area contributed by atoms with Crippen molar-refractivity contribution >= 4 is 24.2 Å². The van der Waals surface area contributed by atoms with Crippen LogP contribution in [0.1, 0.15) is 57.1 Å². The molecular formula is C27H36N4O6. The first-order valence-corrected chi connectivity index (χ1v) is 12.3. The molecule has 2 aromatic rings. The minimum Gasteiger partial charge on any atom is -0.493 e. The quantitative estimate of drug-likeness (QED) is 0.199. The topological polar surface area (TPSA) is 120 Å². The van der Waals surface area contributed by atoms with E-state index in [1.165, 1.54) is 0 Å². The van der Waals surface area contributed by atoms with Crippen LogP contribution in [0.5, 0.6) is 23.0 Å². The molecule has 10 nitrogen and oxygen atoms in total. The van der Waals surface area contributed by atoms with Gasteiger partial charge in [0.1, 0.15) is 0 Å². The van der Waals surface area contributed by atoms with Crippen LogP contribution in [0.15, 0.2) is 46.6 Å². The number of methoxy groups -OCH3 is 2. The molecule has 0 aliphatic heterocycles. The van der Waals surface area contributed by atoms with Crippen LogP contribution < -0.4 is 29.8 Å². The summed E-state index contributed by atoms with van der Waals surface area (Å²) in [5.74, 6) is 2.13. The van der Waals surface area contributed by atoms with Crippen LogP contribution in [0.3, 0.4) is 0 Å². The normalized spacial score (nSPS) is 10.9. The fraction of sp³-hybridized carbons (Fsp3) is 0.407. The molecule has 2 N–H and O–H groups in total. The molecule has 200 valence electrons. The molecule has 0 aromatic heterocycles. The lowest BCUT2D eigenvalue weighted by Crippen LogP contribution is -2.18. The molecule has 0 spiro atoms. The van der Waals surface area contributed by atoms with Crippen molar-refractivity contribution in [3.05, 3.63) is 47.5 Å². The first-order valence-electron chi connectivity index (χ1n) is 12.3. The predicted octanol–water partition coefficient (Wildman–Crippen LogP) is 4.05. The monoisotopic (exact) mass is 512 g/mol. The van der Waals surface area contributed by atoms with E-state index in [1.807, 2.05) is 26.0 Å². The van der Waals surface area contributed by atoms with E-state index in [2.05, 4.69) is 21.1 Å². The van der Waals surface area contributed by atoms with Crippen molar-refractivity contribution in [3.8, 4) is 23.0 Å². The number of benzene rings is 2. The fourth-order valence-corrected chi connectivity index (χ4v) is 3.30. The average molecular weight is 513 g/mol. The number of hydrazone groups is 2. The highest BCUT2D eigenvalue weighted by atomic mass is 16.5. The van der Waals surface area contributed by atoms with E-state index in [9.17, 15) is 9.59 Å². The molecule has 0 unspecified atom stereocenters. The van der Waals surface area contributed by atoms with E-state index >= 15 is 0 Å². The Bertz CT molecular complexity index is 987. The van der Waals surface area contributed by atoms with Crippen LogP contribution in [-0.4, -0.2) is 51.7 Å². The third-order valence-electron chi connectivity index (χ3n) is 5.09. The van der Waals surface area contributed by atoms with Gasteiger partial charge in [0.2, 0.25) is 11.8 Å². The minimum absolute atomic E-state index is 0.186. The van der Waals surface area contributed by atoms with Crippen molar-refractivity contribution in [1.82, 2.24) is 10.9 Å². The second kappa shape index (κ2) is 16.6. The predicted molar refractivity (Wildman–Crippen MR) is 143 cm³/mol. The molecule has 0 heterocycles. The van der Waals surface area contributed by atoms with E-state index < -0.39 is 0 Å². The third kappa shape index (κ3) is 10.6. The Morgan fingerprint density at radius 2 is 1.14 bits per heavy atom. The van der Waals surface area contributed by atoms with E-state index in [-0.39, 0.29) is 11.8 Å². The first kappa shape index (κ1) is 29.2. The molecule has 0 saturated heterocycles. The van der Waals surface area contributed by atoms with Gasteiger partial charge in [0.15, 0.2) is 23.0 Å². The maximum atomic E-state index is 12.0. The summed E-state index contributed by atoms with van der Waals surface area (Å²) in [6.07, 6.45) is 5.78. The Morgan fingerprint density at radius 1 is 0.703 bits per heavy atom. The largest absolute Gasteiger partial charge is 0.493 e. The molecule has 0 fully saturated rings. The van der Waals surface area contributed by atoms with Gasteiger partial charge < -0.3 is 18.9 Å². The van der Waals surface area contributed by atoms with Crippen LogP contribution in [-0.2, 0) is 9.59 Å². The number of hydrogen-bond acceptors (Lipinski definition) is 8. The van der Waals surface area contributed by atoms with Gasteiger partial charge in [-0.1, -0.05) is 6.42 Å². The van der Waals surface area contributed by atoms with Gasteiger partial charge in [-0.25, -0.2) is 10.9 Å². The summed E-state index contributed by atoms with van der Waals surface area (Å²) in [6.45, 7) is 4.88. The molecule has 0 bridgehead atoms. The SMILES string of the molecule is CCOc1ccc(/C=N\NC(=O)CCCCCC(=O)N/N=C/c2ccc(OCC)c(OC)c2)cc1OC. The molecule has 10 heteroatoms. The van der Waals surface area contributed by atoms with Gasteiger partial charge >= 0.3 is 0 Å². The summed E-state index contributed by atoms with van der Waals surface area (Å²) in [7, 11) is 3.14. The van der Waals surface area contributed by atoms with E-state index in [1.54, 1.807) is 50.9 Å².